The van der Waals surface area contributed by atoms with E-state index >= 15 is 0 Å². The first-order valence-electron chi connectivity index (χ1n) is 8.03. The number of amides is 1. The maximum atomic E-state index is 12.2. The van der Waals surface area contributed by atoms with Gasteiger partial charge < -0.3 is 9.88 Å². The Morgan fingerprint density at radius 2 is 2.00 bits per heavy atom. The van der Waals surface area contributed by atoms with Gasteiger partial charge in [0.25, 0.3) is 0 Å². The molecule has 0 radical (unpaired) electrons. The second kappa shape index (κ2) is 6.33. The summed E-state index contributed by atoms with van der Waals surface area (Å²) >= 11 is 0. The topological polar surface area (TPSA) is 34.0 Å². The minimum Gasteiger partial charge on any atom is -0.356 e. The van der Waals surface area contributed by atoms with Crippen molar-refractivity contribution in [3.63, 3.8) is 0 Å². The van der Waals surface area contributed by atoms with Crippen LogP contribution in [-0.4, -0.2) is 17.0 Å². The van der Waals surface area contributed by atoms with Gasteiger partial charge >= 0.3 is 0 Å². The number of benzene rings is 1. The van der Waals surface area contributed by atoms with Crippen LogP contribution in [0.2, 0.25) is 0 Å². The van der Waals surface area contributed by atoms with Crippen molar-refractivity contribution in [2.75, 3.05) is 6.54 Å². The fraction of sp³-hybridized carbons (Fsp3) is 0.500. The van der Waals surface area contributed by atoms with Crippen molar-refractivity contribution in [2.45, 2.75) is 38.5 Å². The van der Waals surface area contributed by atoms with Crippen LogP contribution in [0.1, 0.15) is 37.7 Å². The normalized spacial score (nSPS) is 16.2. The molecule has 112 valence electrons. The smallest absolute Gasteiger partial charge is 0.224 e. The summed E-state index contributed by atoms with van der Waals surface area (Å²) in [5, 5.41) is 4.31. The van der Waals surface area contributed by atoms with Crippen LogP contribution in [0, 0.1) is 5.92 Å². The average molecular weight is 284 g/mol. The monoisotopic (exact) mass is 284 g/mol. The van der Waals surface area contributed by atoms with E-state index in [9.17, 15) is 4.79 Å². The standard InChI is InChI=1S/C18H24N2O/c1-20-13-15(16-9-5-6-10-17(16)20)11-18(21)19-12-14-7-3-2-4-8-14/h5-6,9-10,13-14H,2-4,7-8,11-12H2,1H3,(H,19,21). The zero-order valence-corrected chi connectivity index (χ0v) is 12.8. The quantitative estimate of drug-likeness (QED) is 0.917. The van der Waals surface area contributed by atoms with Crippen LogP contribution in [0.25, 0.3) is 10.9 Å². The SMILES string of the molecule is Cn1cc(CC(=O)NCC2CCCCC2)c2ccccc21. The van der Waals surface area contributed by atoms with Crippen LogP contribution in [0.5, 0.6) is 0 Å². The summed E-state index contributed by atoms with van der Waals surface area (Å²) < 4.78 is 2.10. The first kappa shape index (κ1) is 14.2. The second-order valence-corrected chi connectivity index (χ2v) is 6.27. The third kappa shape index (κ3) is 3.29. The Bertz CT molecular complexity index is 623. The summed E-state index contributed by atoms with van der Waals surface area (Å²) in [5.41, 5.74) is 2.31. The lowest BCUT2D eigenvalue weighted by Gasteiger charge is -2.21. The molecule has 1 aromatic heterocycles. The molecule has 2 aromatic rings. The molecule has 0 spiro atoms. The Morgan fingerprint density at radius 3 is 2.81 bits per heavy atom. The lowest BCUT2D eigenvalue weighted by Crippen LogP contribution is -2.31. The molecule has 3 heteroatoms. The summed E-state index contributed by atoms with van der Waals surface area (Å²) in [5.74, 6) is 0.840. The van der Waals surface area contributed by atoms with Crippen LogP contribution < -0.4 is 5.32 Å². The van der Waals surface area contributed by atoms with E-state index in [2.05, 4.69) is 28.2 Å². The van der Waals surface area contributed by atoms with Gasteiger partial charge in [0, 0.05) is 30.7 Å². The Hall–Kier alpha value is -1.77. The molecule has 3 nitrogen and oxygen atoms in total. The van der Waals surface area contributed by atoms with E-state index in [0.29, 0.717) is 12.3 Å². The fourth-order valence-corrected chi connectivity index (χ4v) is 3.45. The van der Waals surface area contributed by atoms with Crippen LogP contribution in [0.15, 0.2) is 30.5 Å². The number of carbonyl (C=O) groups is 1. The van der Waals surface area contributed by atoms with E-state index in [0.717, 1.165) is 12.1 Å². The van der Waals surface area contributed by atoms with Crippen LogP contribution in [0.3, 0.4) is 0 Å². The van der Waals surface area contributed by atoms with Gasteiger partial charge in [0.05, 0.1) is 6.42 Å². The maximum absolute atomic E-state index is 12.2. The number of carbonyl (C=O) groups excluding carboxylic acids is 1. The third-order valence-electron chi connectivity index (χ3n) is 4.64. The van der Waals surface area contributed by atoms with Crippen molar-refractivity contribution in [3.8, 4) is 0 Å². The molecule has 0 saturated heterocycles. The van der Waals surface area contributed by atoms with E-state index < -0.39 is 0 Å². The third-order valence-corrected chi connectivity index (χ3v) is 4.64. The zero-order valence-electron chi connectivity index (χ0n) is 12.8. The second-order valence-electron chi connectivity index (χ2n) is 6.27. The maximum Gasteiger partial charge on any atom is 0.224 e. The summed E-state index contributed by atoms with van der Waals surface area (Å²) in [4.78, 5) is 12.2. The molecule has 1 aliphatic carbocycles. The molecule has 0 atom stereocenters. The predicted molar refractivity (Wildman–Crippen MR) is 86.2 cm³/mol. The molecule has 1 fully saturated rings. The number of hydrogen-bond donors (Lipinski definition) is 1. The van der Waals surface area contributed by atoms with E-state index in [-0.39, 0.29) is 5.91 Å². The van der Waals surface area contributed by atoms with E-state index in [1.165, 1.54) is 43.0 Å². The molecular formula is C18H24N2O. The van der Waals surface area contributed by atoms with Gasteiger partial charge in [0.2, 0.25) is 5.91 Å². The summed E-state index contributed by atoms with van der Waals surface area (Å²) in [6.45, 7) is 0.851. The van der Waals surface area contributed by atoms with Gasteiger partial charge in [-0.05, 0) is 30.4 Å². The highest BCUT2D eigenvalue weighted by Crippen LogP contribution is 2.23. The number of nitrogens with zero attached hydrogens (tertiary/aromatic N) is 1. The zero-order chi connectivity index (χ0) is 14.7. The van der Waals surface area contributed by atoms with Crippen molar-refractivity contribution < 1.29 is 4.79 Å². The van der Waals surface area contributed by atoms with Crippen LogP contribution >= 0.6 is 0 Å². The van der Waals surface area contributed by atoms with Gasteiger partial charge in [-0.1, -0.05) is 37.5 Å². The van der Waals surface area contributed by atoms with Crippen molar-refractivity contribution in [1.82, 2.24) is 9.88 Å². The van der Waals surface area contributed by atoms with Gasteiger partial charge in [-0.15, -0.1) is 0 Å². The van der Waals surface area contributed by atoms with Crippen molar-refractivity contribution in [3.05, 3.63) is 36.0 Å². The fourth-order valence-electron chi connectivity index (χ4n) is 3.45. The van der Waals surface area contributed by atoms with Crippen molar-refractivity contribution >= 4 is 16.8 Å². The molecule has 1 aliphatic rings. The average Bonchev–Trinajstić information content (AvgIpc) is 2.83. The molecule has 1 N–H and O–H groups in total. The van der Waals surface area contributed by atoms with E-state index in [4.69, 9.17) is 0 Å². The Balaban J connectivity index is 1.61. The minimum absolute atomic E-state index is 0.150. The number of nitrogens with one attached hydrogen (secondary N) is 1. The molecule has 1 amide bonds. The van der Waals surface area contributed by atoms with E-state index in [1.54, 1.807) is 0 Å². The number of aromatic nitrogens is 1. The molecule has 0 unspecified atom stereocenters. The van der Waals surface area contributed by atoms with Crippen LogP contribution in [0.4, 0.5) is 0 Å². The summed E-state index contributed by atoms with van der Waals surface area (Å²) in [7, 11) is 2.03. The number of para-hydroxylation sites is 1. The van der Waals surface area contributed by atoms with Gasteiger partial charge in [-0.25, -0.2) is 0 Å². The van der Waals surface area contributed by atoms with Crippen LogP contribution in [-0.2, 0) is 18.3 Å². The first-order chi connectivity index (χ1) is 10.2. The van der Waals surface area contributed by atoms with E-state index in [1.807, 2.05) is 19.2 Å². The molecular weight excluding hydrogens is 260 g/mol. The molecule has 1 aromatic carbocycles. The van der Waals surface area contributed by atoms with Gasteiger partial charge in [0.15, 0.2) is 0 Å². The molecule has 1 heterocycles. The molecule has 0 bridgehead atoms. The lowest BCUT2D eigenvalue weighted by molar-refractivity contribution is -0.120. The highest BCUT2D eigenvalue weighted by Gasteiger charge is 2.15. The number of rotatable bonds is 4. The number of hydrogen-bond acceptors (Lipinski definition) is 1. The molecule has 0 aliphatic heterocycles. The lowest BCUT2D eigenvalue weighted by atomic mass is 9.89. The minimum atomic E-state index is 0.150. The van der Waals surface area contributed by atoms with Crippen molar-refractivity contribution in [1.29, 1.82) is 0 Å². The highest BCUT2D eigenvalue weighted by atomic mass is 16.1. The predicted octanol–water partition coefficient (Wildman–Crippen LogP) is 3.42. The number of aryl methyl sites for hydroxylation is 1. The van der Waals surface area contributed by atoms with Gasteiger partial charge in [-0.2, -0.15) is 0 Å². The Morgan fingerprint density at radius 1 is 1.24 bits per heavy atom. The summed E-state index contributed by atoms with van der Waals surface area (Å²) in [6.07, 6.45) is 9.11. The Labute approximate surface area is 126 Å². The molecule has 1 saturated carbocycles. The molecule has 3 rings (SSSR count). The highest BCUT2D eigenvalue weighted by molar-refractivity contribution is 5.89. The summed E-state index contributed by atoms with van der Waals surface area (Å²) in [6, 6.07) is 8.26. The van der Waals surface area contributed by atoms with Gasteiger partial charge in [0.1, 0.15) is 0 Å². The van der Waals surface area contributed by atoms with Crippen molar-refractivity contribution in [2.24, 2.45) is 13.0 Å². The van der Waals surface area contributed by atoms with Gasteiger partial charge in [-0.3, -0.25) is 4.79 Å². The largest absolute Gasteiger partial charge is 0.356 e. The first-order valence-corrected chi connectivity index (χ1v) is 8.03. The Kier molecular flexibility index (Phi) is 4.28. The number of fused-ring (bicyclic) bond motifs is 1. The molecule has 21 heavy (non-hydrogen) atoms.